The number of aryl methyl sites for hydroxylation is 1. The summed E-state index contributed by atoms with van der Waals surface area (Å²) in [4.78, 5) is 0. The summed E-state index contributed by atoms with van der Waals surface area (Å²) in [6.45, 7) is 1.82. The minimum atomic E-state index is -0.301. The predicted molar refractivity (Wildman–Crippen MR) is 62.1 cm³/mol. The Hall–Kier alpha value is -2.03. The molecule has 2 N–H and O–H groups in total. The van der Waals surface area contributed by atoms with E-state index in [2.05, 4.69) is 0 Å². The first kappa shape index (κ1) is 10.5. The van der Waals surface area contributed by atoms with E-state index in [0.717, 1.165) is 5.56 Å². The lowest BCUT2D eigenvalue weighted by molar-refractivity contribution is 0.476. The van der Waals surface area contributed by atoms with E-state index in [1.54, 1.807) is 30.3 Å². The summed E-state index contributed by atoms with van der Waals surface area (Å²) in [6.07, 6.45) is 0. The SMILES string of the molecule is Cc1cc(F)cc(Oc2ccc(N)cc2)c1. The number of hydrogen-bond donors (Lipinski definition) is 1. The van der Waals surface area contributed by atoms with Crippen molar-refractivity contribution < 1.29 is 9.13 Å². The molecule has 2 aromatic rings. The highest BCUT2D eigenvalue weighted by Gasteiger charge is 2.00. The monoisotopic (exact) mass is 217 g/mol. The molecule has 0 unspecified atom stereocenters. The molecule has 82 valence electrons. The van der Waals surface area contributed by atoms with Gasteiger partial charge in [0.05, 0.1) is 0 Å². The standard InChI is InChI=1S/C13H12FNO/c1-9-6-10(14)8-13(7-9)16-12-4-2-11(15)3-5-12/h2-8H,15H2,1H3. The zero-order valence-corrected chi connectivity index (χ0v) is 8.91. The van der Waals surface area contributed by atoms with Crippen molar-refractivity contribution in [3.8, 4) is 11.5 Å². The molecule has 0 heterocycles. The van der Waals surface area contributed by atoms with Crippen molar-refractivity contribution in [1.82, 2.24) is 0 Å². The first-order chi connectivity index (χ1) is 7.63. The van der Waals surface area contributed by atoms with Crippen molar-refractivity contribution in [2.24, 2.45) is 0 Å². The highest BCUT2D eigenvalue weighted by molar-refractivity contribution is 5.43. The van der Waals surface area contributed by atoms with Crippen molar-refractivity contribution >= 4 is 5.69 Å². The van der Waals surface area contributed by atoms with Crippen molar-refractivity contribution in [2.45, 2.75) is 6.92 Å². The van der Waals surface area contributed by atoms with Gasteiger partial charge in [0.25, 0.3) is 0 Å². The van der Waals surface area contributed by atoms with Gasteiger partial charge in [0.2, 0.25) is 0 Å². The van der Waals surface area contributed by atoms with Gasteiger partial charge in [-0.05, 0) is 48.9 Å². The zero-order valence-electron chi connectivity index (χ0n) is 8.91. The number of anilines is 1. The van der Waals surface area contributed by atoms with Crippen molar-refractivity contribution in [2.75, 3.05) is 5.73 Å². The van der Waals surface area contributed by atoms with Crippen LogP contribution in [0.25, 0.3) is 0 Å². The normalized spacial score (nSPS) is 10.1. The predicted octanol–water partition coefficient (Wildman–Crippen LogP) is 3.51. The number of halogens is 1. The molecule has 0 fully saturated rings. The molecular weight excluding hydrogens is 205 g/mol. The second kappa shape index (κ2) is 4.23. The maximum atomic E-state index is 13.1. The molecule has 16 heavy (non-hydrogen) atoms. The third-order valence-electron chi connectivity index (χ3n) is 2.13. The van der Waals surface area contributed by atoms with Gasteiger partial charge in [0.15, 0.2) is 0 Å². The average Bonchev–Trinajstić information content (AvgIpc) is 2.20. The van der Waals surface area contributed by atoms with Crippen LogP contribution in [0.2, 0.25) is 0 Å². The van der Waals surface area contributed by atoms with Gasteiger partial charge in [0, 0.05) is 11.8 Å². The Balaban J connectivity index is 2.23. The van der Waals surface area contributed by atoms with Crippen LogP contribution in [0.15, 0.2) is 42.5 Å². The molecule has 0 spiro atoms. The van der Waals surface area contributed by atoms with Crippen LogP contribution < -0.4 is 10.5 Å². The van der Waals surface area contributed by atoms with E-state index in [1.807, 2.05) is 6.92 Å². The molecule has 0 bridgehead atoms. The van der Waals surface area contributed by atoms with Crippen LogP contribution in [0.1, 0.15) is 5.56 Å². The van der Waals surface area contributed by atoms with Gasteiger partial charge >= 0.3 is 0 Å². The number of rotatable bonds is 2. The lowest BCUT2D eigenvalue weighted by atomic mass is 10.2. The third-order valence-corrected chi connectivity index (χ3v) is 2.13. The topological polar surface area (TPSA) is 35.2 Å². The molecule has 0 aliphatic rings. The molecule has 0 amide bonds. The van der Waals surface area contributed by atoms with E-state index < -0.39 is 0 Å². The molecule has 3 heteroatoms. The van der Waals surface area contributed by atoms with Crippen LogP contribution in [0.3, 0.4) is 0 Å². The maximum Gasteiger partial charge on any atom is 0.130 e. The number of benzene rings is 2. The lowest BCUT2D eigenvalue weighted by Crippen LogP contribution is -1.88. The van der Waals surface area contributed by atoms with E-state index in [-0.39, 0.29) is 5.82 Å². The first-order valence-electron chi connectivity index (χ1n) is 4.94. The number of nitrogens with two attached hydrogens (primary N) is 1. The molecule has 2 nitrogen and oxygen atoms in total. The van der Waals surface area contributed by atoms with Gasteiger partial charge in [-0.25, -0.2) is 4.39 Å². The Labute approximate surface area is 93.5 Å². The van der Waals surface area contributed by atoms with E-state index in [9.17, 15) is 4.39 Å². The van der Waals surface area contributed by atoms with E-state index in [4.69, 9.17) is 10.5 Å². The van der Waals surface area contributed by atoms with E-state index in [0.29, 0.717) is 17.2 Å². The average molecular weight is 217 g/mol. The van der Waals surface area contributed by atoms with Gasteiger partial charge in [-0.2, -0.15) is 0 Å². The maximum absolute atomic E-state index is 13.1. The molecule has 0 radical (unpaired) electrons. The molecule has 0 aromatic heterocycles. The Bertz CT molecular complexity index is 474. The van der Waals surface area contributed by atoms with E-state index >= 15 is 0 Å². The summed E-state index contributed by atoms with van der Waals surface area (Å²) in [5.74, 6) is 0.826. The minimum Gasteiger partial charge on any atom is -0.457 e. The van der Waals surface area contributed by atoms with Crippen LogP contribution >= 0.6 is 0 Å². The van der Waals surface area contributed by atoms with Gasteiger partial charge in [-0.1, -0.05) is 0 Å². The number of ether oxygens (including phenoxy) is 1. The molecule has 0 saturated heterocycles. The summed E-state index contributed by atoms with van der Waals surface area (Å²) >= 11 is 0. The number of hydrogen-bond acceptors (Lipinski definition) is 2. The quantitative estimate of drug-likeness (QED) is 0.781. The molecule has 0 aliphatic heterocycles. The summed E-state index contributed by atoms with van der Waals surface area (Å²) in [5, 5.41) is 0. The van der Waals surface area contributed by atoms with Gasteiger partial charge in [-0.15, -0.1) is 0 Å². The lowest BCUT2D eigenvalue weighted by Gasteiger charge is -2.06. The molecule has 2 aromatic carbocycles. The van der Waals surface area contributed by atoms with Crippen molar-refractivity contribution in [3.63, 3.8) is 0 Å². The number of nitrogen functional groups attached to an aromatic ring is 1. The zero-order chi connectivity index (χ0) is 11.5. The van der Waals surface area contributed by atoms with E-state index in [1.165, 1.54) is 12.1 Å². The second-order valence-corrected chi connectivity index (χ2v) is 3.64. The van der Waals surface area contributed by atoms with Crippen molar-refractivity contribution in [1.29, 1.82) is 0 Å². The first-order valence-corrected chi connectivity index (χ1v) is 4.94. The Morgan fingerprint density at radius 1 is 1.00 bits per heavy atom. The summed E-state index contributed by atoms with van der Waals surface area (Å²) in [5.41, 5.74) is 7.05. The largest absolute Gasteiger partial charge is 0.457 e. The Kier molecular flexibility index (Phi) is 2.77. The van der Waals surface area contributed by atoms with Gasteiger partial charge < -0.3 is 10.5 Å². The molecule has 0 atom stereocenters. The molecular formula is C13H12FNO. The summed E-state index contributed by atoms with van der Waals surface area (Å²) < 4.78 is 18.6. The highest BCUT2D eigenvalue weighted by atomic mass is 19.1. The van der Waals surface area contributed by atoms with Gasteiger partial charge in [0.1, 0.15) is 17.3 Å². The van der Waals surface area contributed by atoms with Crippen LogP contribution in [-0.2, 0) is 0 Å². The smallest absolute Gasteiger partial charge is 0.130 e. The van der Waals surface area contributed by atoms with Crippen LogP contribution in [-0.4, -0.2) is 0 Å². The third kappa shape index (κ3) is 2.51. The fourth-order valence-corrected chi connectivity index (χ4v) is 1.43. The molecule has 0 saturated carbocycles. The molecule has 2 rings (SSSR count). The van der Waals surface area contributed by atoms with Crippen LogP contribution in [0.4, 0.5) is 10.1 Å². The fourth-order valence-electron chi connectivity index (χ4n) is 1.43. The summed E-state index contributed by atoms with van der Waals surface area (Å²) in [6, 6.07) is 11.5. The van der Waals surface area contributed by atoms with Crippen LogP contribution in [0.5, 0.6) is 11.5 Å². The molecule has 0 aliphatic carbocycles. The fraction of sp³-hybridized carbons (Fsp3) is 0.0769. The Morgan fingerprint density at radius 3 is 2.31 bits per heavy atom. The highest BCUT2D eigenvalue weighted by Crippen LogP contribution is 2.23. The summed E-state index contributed by atoms with van der Waals surface area (Å²) in [7, 11) is 0. The van der Waals surface area contributed by atoms with Gasteiger partial charge in [-0.3, -0.25) is 0 Å². The Morgan fingerprint density at radius 2 is 1.69 bits per heavy atom. The second-order valence-electron chi connectivity index (χ2n) is 3.64. The van der Waals surface area contributed by atoms with Crippen LogP contribution in [0, 0.1) is 12.7 Å². The van der Waals surface area contributed by atoms with Crippen molar-refractivity contribution in [3.05, 3.63) is 53.8 Å². The minimum absolute atomic E-state index is 0.301.